The molecule has 0 bridgehead atoms. The summed E-state index contributed by atoms with van der Waals surface area (Å²) in [5.74, 6) is -0.868. The van der Waals surface area contributed by atoms with Gasteiger partial charge in [-0.1, -0.05) is 11.6 Å². The molecule has 3 heterocycles. The minimum absolute atomic E-state index is 0.0774. The van der Waals surface area contributed by atoms with Crippen molar-refractivity contribution in [3.8, 4) is 17.0 Å². The van der Waals surface area contributed by atoms with E-state index in [0.717, 1.165) is 0 Å². The van der Waals surface area contributed by atoms with Crippen molar-refractivity contribution < 1.29 is 18.7 Å². The molecule has 1 aliphatic heterocycles. The van der Waals surface area contributed by atoms with Crippen LogP contribution in [0, 0.1) is 5.82 Å². The maximum atomic E-state index is 13.2. The average Bonchev–Trinajstić information content (AvgIpc) is 2.87. The van der Waals surface area contributed by atoms with E-state index >= 15 is 0 Å². The third-order valence-corrected chi connectivity index (χ3v) is 4.75. The van der Waals surface area contributed by atoms with E-state index in [1.165, 1.54) is 35.4 Å². The number of nitrogens with one attached hydrogen (secondary N) is 1. The Balaban J connectivity index is 1.56. The summed E-state index contributed by atoms with van der Waals surface area (Å²) in [6.07, 6.45) is 2.82. The number of amides is 2. The Morgan fingerprint density at radius 2 is 2.03 bits per heavy atom. The first-order valence-corrected chi connectivity index (χ1v) is 9.26. The maximum Gasteiger partial charge on any atom is 0.289 e. The van der Waals surface area contributed by atoms with Crippen LogP contribution in [-0.2, 0) is 4.79 Å². The lowest BCUT2D eigenvalue weighted by atomic mass is 10.1. The monoisotopic (exact) mass is 427 g/mol. The number of fused-ring (bicyclic) bond motifs is 1. The Morgan fingerprint density at radius 3 is 2.80 bits per heavy atom. The molecule has 1 aromatic carbocycles. The van der Waals surface area contributed by atoms with E-state index in [1.54, 1.807) is 25.4 Å². The largest absolute Gasteiger partial charge is 0.487 e. The summed E-state index contributed by atoms with van der Waals surface area (Å²) in [7, 11) is 1.55. The molecule has 0 aliphatic carbocycles. The van der Waals surface area contributed by atoms with E-state index in [9.17, 15) is 14.0 Å². The Bertz CT molecular complexity index is 1130. The number of pyridine rings is 1. The summed E-state index contributed by atoms with van der Waals surface area (Å²) in [6, 6.07) is 7.92. The van der Waals surface area contributed by atoms with Crippen LogP contribution < -0.4 is 15.0 Å². The number of nitrogens with zero attached hydrogens (tertiary/aromatic N) is 4. The van der Waals surface area contributed by atoms with Crippen LogP contribution in [0.2, 0.25) is 5.02 Å². The number of hydrogen-bond donors (Lipinski definition) is 1. The highest BCUT2D eigenvalue weighted by Crippen LogP contribution is 2.28. The smallest absolute Gasteiger partial charge is 0.289 e. The van der Waals surface area contributed by atoms with Gasteiger partial charge >= 0.3 is 0 Å². The summed E-state index contributed by atoms with van der Waals surface area (Å²) < 4.78 is 18.8. The van der Waals surface area contributed by atoms with Crippen LogP contribution in [0.5, 0.6) is 5.75 Å². The third-order valence-electron chi connectivity index (χ3n) is 4.47. The molecule has 2 amide bonds. The lowest BCUT2D eigenvalue weighted by Crippen LogP contribution is -2.49. The zero-order valence-electron chi connectivity index (χ0n) is 15.7. The molecule has 0 saturated heterocycles. The Morgan fingerprint density at radius 1 is 1.27 bits per heavy atom. The molecule has 1 atom stereocenters. The van der Waals surface area contributed by atoms with E-state index in [0.29, 0.717) is 17.1 Å². The summed E-state index contributed by atoms with van der Waals surface area (Å²) in [4.78, 5) is 39.1. The first kappa shape index (κ1) is 19.7. The summed E-state index contributed by atoms with van der Waals surface area (Å²) in [6.45, 7) is -0.0774. The first-order chi connectivity index (χ1) is 14.4. The minimum atomic E-state index is -0.967. The molecule has 0 radical (unpaired) electrons. The second kappa shape index (κ2) is 8.03. The molecule has 2 aromatic heterocycles. The maximum absolute atomic E-state index is 13.2. The van der Waals surface area contributed by atoms with E-state index in [-0.39, 0.29) is 23.1 Å². The summed E-state index contributed by atoms with van der Waals surface area (Å²) in [5, 5.41) is 2.79. The van der Waals surface area contributed by atoms with E-state index in [2.05, 4.69) is 20.3 Å². The highest BCUT2D eigenvalue weighted by molar-refractivity contribution is 6.32. The highest BCUT2D eigenvalue weighted by Gasteiger charge is 2.32. The number of anilines is 1. The molecule has 152 valence electrons. The first-order valence-electron chi connectivity index (χ1n) is 8.89. The van der Waals surface area contributed by atoms with Crippen LogP contribution in [0.4, 0.5) is 10.2 Å². The van der Waals surface area contributed by atoms with Crippen LogP contribution >= 0.6 is 11.6 Å². The van der Waals surface area contributed by atoms with Crippen molar-refractivity contribution >= 4 is 29.2 Å². The number of carbonyl (C=O) groups is 2. The molecule has 10 heteroatoms. The van der Waals surface area contributed by atoms with Gasteiger partial charge in [0.15, 0.2) is 11.6 Å². The number of hydrogen-bond acceptors (Lipinski definition) is 6. The number of aromatic nitrogens is 3. The fourth-order valence-corrected chi connectivity index (χ4v) is 3.14. The SMILES string of the molecule is CN1C(=O)C(NC(=O)c2ncc(Cl)c(-c3ccc(F)cc3)n2)COc2cccnc21. The molecule has 1 N–H and O–H groups in total. The second-order valence-electron chi connectivity index (χ2n) is 6.46. The van der Waals surface area contributed by atoms with Gasteiger partial charge in [0.25, 0.3) is 11.8 Å². The van der Waals surface area contributed by atoms with Crippen molar-refractivity contribution in [2.75, 3.05) is 18.6 Å². The molecular formula is C20H15ClFN5O3. The number of ether oxygens (including phenoxy) is 1. The van der Waals surface area contributed by atoms with Gasteiger partial charge in [-0.2, -0.15) is 0 Å². The van der Waals surface area contributed by atoms with Crippen LogP contribution in [0.1, 0.15) is 10.6 Å². The van der Waals surface area contributed by atoms with Crippen molar-refractivity contribution in [1.82, 2.24) is 20.3 Å². The van der Waals surface area contributed by atoms with Gasteiger partial charge in [0, 0.05) is 18.8 Å². The van der Waals surface area contributed by atoms with Gasteiger partial charge in [0.05, 0.1) is 16.9 Å². The van der Waals surface area contributed by atoms with Crippen LogP contribution in [0.25, 0.3) is 11.3 Å². The predicted molar refractivity (Wildman–Crippen MR) is 107 cm³/mol. The normalized spacial score (nSPS) is 15.8. The van der Waals surface area contributed by atoms with Crippen LogP contribution in [0.3, 0.4) is 0 Å². The lowest BCUT2D eigenvalue weighted by Gasteiger charge is -2.19. The van der Waals surface area contributed by atoms with Crippen molar-refractivity contribution in [2.45, 2.75) is 6.04 Å². The van der Waals surface area contributed by atoms with E-state index in [1.807, 2.05) is 0 Å². The Kier molecular flexibility index (Phi) is 5.28. The quantitative estimate of drug-likeness (QED) is 0.689. The molecule has 3 aromatic rings. The molecule has 0 fully saturated rings. The fraction of sp³-hybridized carbons (Fsp3) is 0.150. The summed E-state index contributed by atoms with van der Waals surface area (Å²) >= 11 is 6.14. The van der Waals surface area contributed by atoms with Gasteiger partial charge < -0.3 is 10.1 Å². The van der Waals surface area contributed by atoms with Crippen molar-refractivity contribution in [2.24, 2.45) is 0 Å². The molecule has 4 rings (SSSR count). The number of carbonyl (C=O) groups excluding carboxylic acids is 2. The fourth-order valence-electron chi connectivity index (χ4n) is 2.94. The predicted octanol–water partition coefficient (Wildman–Crippen LogP) is 2.48. The highest BCUT2D eigenvalue weighted by atomic mass is 35.5. The van der Waals surface area contributed by atoms with E-state index in [4.69, 9.17) is 16.3 Å². The Hall–Kier alpha value is -3.59. The lowest BCUT2D eigenvalue weighted by molar-refractivity contribution is -0.120. The van der Waals surface area contributed by atoms with E-state index < -0.39 is 23.7 Å². The molecule has 1 aliphatic rings. The minimum Gasteiger partial charge on any atom is -0.487 e. The zero-order chi connectivity index (χ0) is 21.3. The second-order valence-corrected chi connectivity index (χ2v) is 6.86. The standard InChI is InChI=1S/C20H15ClFN5O3/c1-27-18-15(3-2-8-23-18)30-10-14(20(27)29)25-19(28)17-24-9-13(21)16(26-17)11-4-6-12(22)7-5-11/h2-9,14H,10H2,1H3,(H,25,28). The number of rotatable bonds is 3. The van der Waals surface area contributed by atoms with Crippen molar-refractivity contribution in [3.05, 3.63) is 65.5 Å². The van der Waals surface area contributed by atoms with Gasteiger partial charge in [-0.25, -0.2) is 19.3 Å². The van der Waals surface area contributed by atoms with Gasteiger partial charge in [-0.3, -0.25) is 14.5 Å². The van der Waals surface area contributed by atoms with Gasteiger partial charge in [0.1, 0.15) is 18.5 Å². The molecule has 0 saturated carbocycles. The topological polar surface area (TPSA) is 97.3 Å². The molecule has 8 nitrogen and oxygen atoms in total. The average molecular weight is 428 g/mol. The van der Waals surface area contributed by atoms with Crippen molar-refractivity contribution in [1.29, 1.82) is 0 Å². The molecular weight excluding hydrogens is 413 g/mol. The van der Waals surface area contributed by atoms with Crippen LogP contribution in [0.15, 0.2) is 48.8 Å². The molecule has 1 unspecified atom stereocenters. The zero-order valence-corrected chi connectivity index (χ0v) is 16.4. The van der Waals surface area contributed by atoms with Crippen molar-refractivity contribution in [3.63, 3.8) is 0 Å². The number of halogens is 2. The Labute approximate surface area is 175 Å². The van der Waals surface area contributed by atoms with Gasteiger partial charge in [0.2, 0.25) is 5.82 Å². The number of likely N-dealkylation sites (N-methyl/N-ethyl adjacent to an activating group) is 1. The summed E-state index contributed by atoms with van der Waals surface area (Å²) in [5.41, 5.74) is 0.793. The molecule has 0 spiro atoms. The van der Waals surface area contributed by atoms with Gasteiger partial charge in [-0.15, -0.1) is 0 Å². The third kappa shape index (κ3) is 3.79. The molecule has 30 heavy (non-hydrogen) atoms. The number of benzene rings is 1. The van der Waals surface area contributed by atoms with Gasteiger partial charge in [-0.05, 0) is 36.4 Å². The van der Waals surface area contributed by atoms with Crippen LogP contribution in [-0.4, -0.2) is 46.5 Å².